The number of piperazine rings is 1. The molecule has 2 amide bonds. The first kappa shape index (κ1) is 17.6. The lowest BCUT2D eigenvalue weighted by molar-refractivity contribution is -0.117. The van der Waals surface area contributed by atoms with E-state index >= 15 is 0 Å². The van der Waals surface area contributed by atoms with Crippen LogP contribution in [0, 0.1) is 6.92 Å². The second-order valence-electron chi connectivity index (χ2n) is 7.22. The van der Waals surface area contributed by atoms with E-state index in [2.05, 4.69) is 36.1 Å². The number of benzene rings is 2. The molecular weight excluding hydrogens is 338 g/mol. The van der Waals surface area contributed by atoms with Gasteiger partial charge in [-0.05, 0) is 49.2 Å². The fourth-order valence-corrected chi connectivity index (χ4v) is 4.11. The van der Waals surface area contributed by atoms with Crippen molar-refractivity contribution in [3.8, 4) is 0 Å². The van der Waals surface area contributed by atoms with Crippen molar-refractivity contribution in [2.45, 2.75) is 20.3 Å². The molecule has 0 atom stereocenters. The molecule has 1 saturated heterocycles. The second-order valence-corrected chi connectivity index (χ2v) is 7.22. The predicted molar refractivity (Wildman–Crippen MR) is 107 cm³/mol. The van der Waals surface area contributed by atoms with Crippen molar-refractivity contribution in [1.82, 2.24) is 4.90 Å². The van der Waals surface area contributed by atoms with Crippen molar-refractivity contribution in [3.05, 3.63) is 59.2 Å². The van der Waals surface area contributed by atoms with Crippen molar-refractivity contribution in [1.29, 1.82) is 0 Å². The Kier molecular flexibility index (Phi) is 4.60. The number of amides is 2. The summed E-state index contributed by atoms with van der Waals surface area (Å²) in [4.78, 5) is 31.1. The molecular formula is C22H25N3O2. The summed E-state index contributed by atoms with van der Waals surface area (Å²) in [6.45, 7) is 7.86. The summed E-state index contributed by atoms with van der Waals surface area (Å²) in [7, 11) is 0. The number of para-hydroxylation sites is 1. The number of anilines is 2. The Labute approximate surface area is 160 Å². The molecule has 0 aromatic heterocycles. The summed E-state index contributed by atoms with van der Waals surface area (Å²) in [6, 6.07) is 14.1. The number of carbonyl (C=O) groups is 2. The zero-order valence-electron chi connectivity index (χ0n) is 15.9. The van der Waals surface area contributed by atoms with E-state index < -0.39 is 0 Å². The largest absolute Gasteiger partial charge is 0.368 e. The molecule has 27 heavy (non-hydrogen) atoms. The summed E-state index contributed by atoms with van der Waals surface area (Å²) in [6.07, 6.45) is 0.394. The van der Waals surface area contributed by atoms with E-state index in [0.717, 1.165) is 24.3 Å². The summed E-state index contributed by atoms with van der Waals surface area (Å²) < 4.78 is 0. The van der Waals surface area contributed by atoms with Crippen LogP contribution >= 0.6 is 0 Å². The molecule has 140 valence electrons. The highest BCUT2D eigenvalue weighted by atomic mass is 16.2. The number of hydrogen-bond acceptors (Lipinski definition) is 3. The van der Waals surface area contributed by atoms with Gasteiger partial charge in [0.25, 0.3) is 5.91 Å². The van der Waals surface area contributed by atoms with E-state index in [0.29, 0.717) is 31.6 Å². The van der Waals surface area contributed by atoms with Gasteiger partial charge in [-0.2, -0.15) is 0 Å². The normalized spacial score (nSPS) is 16.7. The molecule has 2 heterocycles. The van der Waals surface area contributed by atoms with E-state index in [1.54, 1.807) is 4.90 Å². The van der Waals surface area contributed by atoms with Gasteiger partial charge in [-0.15, -0.1) is 0 Å². The minimum Gasteiger partial charge on any atom is -0.368 e. The Morgan fingerprint density at radius 2 is 1.74 bits per heavy atom. The van der Waals surface area contributed by atoms with Gasteiger partial charge in [0.05, 0.1) is 6.42 Å². The van der Waals surface area contributed by atoms with Crippen LogP contribution in [0.3, 0.4) is 0 Å². The molecule has 0 spiro atoms. The van der Waals surface area contributed by atoms with Gasteiger partial charge in [-0.1, -0.05) is 18.2 Å². The van der Waals surface area contributed by atoms with Gasteiger partial charge in [-0.3, -0.25) is 9.59 Å². The number of likely N-dealkylation sites (N-methyl/N-ethyl adjacent to an activating group) is 1. The highest BCUT2D eigenvalue weighted by Crippen LogP contribution is 2.30. The van der Waals surface area contributed by atoms with Crippen LogP contribution in [0.1, 0.15) is 28.4 Å². The molecule has 0 unspecified atom stereocenters. The quantitative estimate of drug-likeness (QED) is 0.842. The van der Waals surface area contributed by atoms with Gasteiger partial charge in [0.15, 0.2) is 0 Å². The molecule has 0 bridgehead atoms. The number of fused-ring (bicyclic) bond motifs is 1. The van der Waals surface area contributed by atoms with Crippen molar-refractivity contribution in [2.75, 3.05) is 42.5 Å². The molecule has 2 aliphatic rings. The van der Waals surface area contributed by atoms with E-state index in [-0.39, 0.29) is 11.8 Å². The smallest absolute Gasteiger partial charge is 0.253 e. The third-order valence-electron chi connectivity index (χ3n) is 5.60. The Morgan fingerprint density at radius 3 is 2.44 bits per heavy atom. The third kappa shape index (κ3) is 3.18. The molecule has 0 saturated carbocycles. The first-order chi connectivity index (χ1) is 13.1. The highest BCUT2D eigenvalue weighted by Gasteiger charge is 2.28. The fourth-order valence-electron chi connectivity index (χ4n) is 4.11. The minimum absolute atomic E-state index is 0.0598. The fraction of sp³-hybridized carbons (Fsp3) is 0.364. The molecule has 5 heteroatoms. The molecule has 0 radical (unpaired) electrons. The molecule has 1 fully saturated rings. The number of aryl methyl sites for hydroxylation is 1. The second kappa shape index (κ2) is 7.06. The molecule has 0 N–H and O–H groups in total. The molecule has 5 nitrogen and oxygen atoms in total. The number of rotatable bonds is 3. The SMILES string of the molecule is CCN1C(=O)Cc2cc(C(=O)N3CCN(c4ccccc4C)CC3)ccc21. The van der Waals surface area contributed by atoms with Crippen LogP contribution in [0.5, 0.6) is 0 Å². The molecule has 2 aromatic carbocycles. The third-order valence-corrected chi connectivity index (χ3v) is 5.60. The summed E-state index contributed by atoms with van der Waals surface area (Å²) in [5.41, 5.74) is 5.11. The zero-order valence-corrected chi connectivity index (χ0v) is 15.9. The molecule has 2 aromatic rings. The van der Waals surface area contributed by atoms with Crippen LogP contribution < -0.4 is 9.80 Å². The first-order valence-corrected chi connectivity index (χ1v) is 9.61. The molecule has 2 aliphatic heterocycles. The van der Waals surface area contributed by atoms with Crippen molar-refractivity contribution < 1.29 is 9.59 Å². The maximum atomic E-state index is 13.0. The van der Waals surface area contributed by atoms with E-state index in [4.69, 9.17) is 0 Å². The maximum absolute atomic E-state index is 13.0. The van der Waals surface area contributed by atoms with Crippen LogP contribution in [0.2, 0.25) is 0 Å². The van der Waals surface area contributed by atoms with Crippen LogP contribution in [-0.4, -0.2) is 49.4 Å². The minimum atomic E-state index is 0.0598. The van der Waals surface area contributed by atoms with Crippen LogP contribution in [0.15, 0.2) is 42.5 Å². The monoisotopic (exact) mass is 363 g/mol. The molecule has 4 rings (SSSR count). The van der Waals surface area contributed by atoms with E-state index in [9.17, 15) is 9.59 Å². The number of nitrogens with zero attached hydrogens (tertiary/aromatic N) is 3. The molecule has 0 aliphatic carbocycles. The van der Waals surface area contributed by atoms with E-state index in [1.807, 2.05) is 30.0 Å². The summed E-state index contributed by atoms with van der Waals surface area (Å²) >= 11 is 0. The lowest BCUT2D eigenvalue weighted by Crippen LogP contribution is -2.49. The summed E-state index contributed by atoms with van der Waals surface area (Å²) in [5.74, 6) is 0.175. The topological polar surface area (TPSA) is 43.9 Å². The van der Waals surface area contributed by atoms with E-state index in [1.165, 1.54) is 11.3 Å². The van der Waals surface area contributed by atoms with Crippen molar-refractivity contribution >= 4 is 23.2 Å². The summed E-state index contributed by atoms with van der Waals surface area (Å²) in [5, 5.41) is 0. The van der Waals surface area contributed by atoms with Crippen LogP contribution in [-0.2, 0) is 11.2 Å². The highest BCUT2D eigenvalue weighted by molar-refractivity contribution is 6.03. The Morgan fingerprint density at radius 1 is 1.00 bits per heavy atom. The van der Waals surface area contributed by atoms with Gasteiger partial charge < -0.3 is 14.7 Å². The van der Waals surface area contributed by atoms with Gasteiger partial charge in [0, 0.05) is 49.7 Å². The average molecular weight is 363 g/mol. The lowest BCUT2D eigenvalue weighted by atomic mass is 10.1. The van der Waals surface area contributed by atoms with Gasteiger partial charge in [0.1, 0.15) is 0 Å². The van der Waals surface area contributed by atoms with Crippen LogP contribution in [0.4, 0.5) is 11.4 Å². The number of carbonyl (C=O) groups excluding carboxylic acids is 2. The van der Waals surface area contributed by atoms with Gasteiger partial charge in [0.2, 0.25) is 5.91 Å². The number of hydrogen-bond donors (Lipinski definition) is 0. The Balaban J connectivity index is 1.45. The predicted octanol–water partition coefficient (Wildman–Crippen LogP) is 2.87. The van der Waals surface area contributed by atoms with Crippen molar-refractivity contribution in [2.24, 2.45) is 0 Å². The van der Waals surface area contributed by atoms with Gasteiger partial charge in [-0.25, -0.2) is 0 Å². The Hall–Kier alpha value is -2.82. The Bertz CT molecular complexity index is 885. The first-order valence-electron chi connectivity index (χ1n) is 9.61. The zero-order chi connectivity index (χ0) is 19.0. The van der Waals surface area contributed by atoms with Crippen molar-refractivity contribution in [3.63, 3.8) is 0 Å². The average Bonchev–Trinajstić information content (AvgIpc) is 3.02. The lowest BCUT2D eigenvalue weighted by Gasteiger charge is -2.37. The maximum Gasteiger partial charge on any atom is 0.253 e. The van der Waals surface area contributed by atoms with Gasteiger partial charge >= 0.3 is 0 Å². The van der Waals surface area contributed by atoms with Crippen LogP contribution in [0.25, 0.3) is 0 Å². The standard InChI is InChI=1S/C22H25N3O2/c1-3-25-20-9-8-17(14-18(20)15-21(25)26)22(27)24-12-10-23(11-13-24)19-7-5-4-6-16(19)2/h4-9,14H,3,10-13,15H2,1-2H3.